The normalized spacial score (nSPS) is 13.3. The summed E-state index contributed by atoms with van der Waals surface area (Å²) in [5, 5.41) is 11.3. The van der Waals surface area contributed by atoms with Gasteiger partial charge >= 0.3 is 0 Å². The summed E-state index contributed by atoms with van der Waals surface area (Å²) in [6, 6.07) is 9.97. The van der Waals surface area contributed by atoms with Crippen molar-refractivity contribution in [3.8, 4) is 11.4 Å². The third-order valence-corrected chi connectivity index (χ3v) is 4.25. The van der Waals surface area contributed by atoms with E-state index in [9.17, 15) is 9.18 Å². The SMILES string of the molecule is O=C(Nc1ccc(-c2nnc3n2CCCC3)cc1)c1ccnc(F)c1. The van der Waals surface area contributed by atoms with E-state index in [-0.39, 0.29) is 11.5 Å². The minimum atomic E-state index is -0.681. The number of hydrogen-bond acceptors (Lipinski definition) is 4. The Kier molecular flexibility index (Phi) is 3.97. The number of nitrogens with one attached hydrogen (secondary N) is 1. The van der Waals surface area contributed by atoms with Crippen molar-refractivity contribution >= 4 is 11.6 Å². The first-order valence-corrected chi connectivity index (χ1v) is 8.16. The first-order valence-electron chi connectivity index (χ1n) is 8.16. The second-order valence-corrected chi connectivity index (χ2v) is 5.95. The van der Waals surface area contributed by atoms with Crippen LogP contribution in [0.2, 0.25) is 0 Å². The van der Waals surface area contributed by atoms with Gasteiger partial charge in [0, 0.05) is 42.0 Å². The second-order valence-electron chi connectivity index (χ2n) is 5.95. The van der Waals surface area contributed by atoms with Crippen molar-refractivity contribution in [3.63, 3.8) is 0 Å². The van der Waals surface area contributed by atoms with E-state index in [1.54, 1.807) is 12.1 Å². The molecule has 0 radical (unpaired) electrons. The maximum Gasteiger partial charge on any atom is 0.255 e. The molecule has 0 bridgehead atoms. The number of amides is 1. The highest BCUT2D eigenvalue weighted by Crippen LogP contribution is 2.24. The lowest BCUT2D eigenvalue weighted by atomic mass is 10.1. The van der Waals surface area contributed by atoms with E-state index in [4.69, 9.17) is 0 Å². The van der Waals surface area contributed by atoms with Crippen molar-refractivity contribution in [3.05, 3.63) is 59.9 Å². The first kappa shape index (κ1) is 15.4. The monoisotopic (exact) mass is 337 g/mol. The topological polar surface area (TPSA) is 72.7 Å². The standard InChI is InChI=1S/C18H16FN5O/c19-15-11-13(8-9-20-15)18(25)21-14-6-4-12(5-7-14)17-23-22-16-3-1-2-10-24(16)17/h4-9,11H,1-3,10H2,(H,21,25). The minimum Gasteiger partial charge on any atom is -0.322 e. The van der Waals surface area contributed by atoms with E-state index in [1.807, 2.05) is 12.1 Å². The fraction of sp³-hybridized carbons (Fsp3) is 0.222. The third kappa shape index (κ3) is 3.13. The molecular weight excluding hydrogens is 321 g/mol. The summed E-state index contributed by atoms with van der Waals surface area (Å²) < 4.78 is 15.3. The van der Waals surface area contributed by atoms with Crippen LogP contribution in [0.3, 0.4) is 0 Å². The van der Waals surface area contributed by atoms with Crippen LogP contribution in [0.15, 0.2) is 42.6 Å². The number of aromatic nitrogens is 4. The van der Waals surface area contributed by atoms with Gasteiger partial charge in [0.05, 0.1) is 0 Å². The molecule has 0 saturated carbocycles. The lowest BCUT2D eigenvalue weighted by molar-refractivity contribution is 0.102. The predicted molar refractivity (Wildman–Crippen MR) is 90.5 cm³/mol. The molecule has 2 aromatic heterocycles. The van der Waals surface area contributed by atoms with Gasteiger partial charge in [0.15, 0.2) is 5.82 Å². The van der Waals surface area contributed by atoms with Crippen LogP contribution in [0.1, 0.15) is 29.0 Å². The second kappa shape index (κ2) is 6.43. The van der Waals surface area contributed by atoms with Crippen LogP contribution in [0.25, 0.3) is 11.4 Å². The summed E-state index contributed by atoms with van der Waals surface area (Å²) >= 11 is 0. The molecule has 0 saturated heterocycles. The van der Waals surface area contributed by atoms with Crippen molar-refractivity contribution in [2.75, 3.05) is 5.32 Å². The molecule has 0 atom stereocenters. The average Bonchev–Trinajstić information content (AvgIpc) is 3.06. The Morgan fingerprint density at radius 3 is 2.76 bits per heavy atom. The molecule has 126 valence electrons. The molecule has 3 aromatic rings. The van der Waals surface area contributed by atoms with Gasteiger partial charge in [-0.2, -0.15) is 4.39 Å². The number of rotatable bonds is 3. The molecule has 0 aliphatic carbocycles. The van der Waals surface area contributed by atoms with Crippen LogP contribution < -0.4 is 5.32 Å². The predicted octanol–water partition coefficient (Wildman–Crippen LogP) is 3.07. The van der Waals surface area contributed by atoms with Gasteiger partial charge in [-0.3, -0.25) is 4.79 Å². The zero-order chi connectivity index (χ0) is 17.2. The van der Waals surface area contributed by atoms with E-state index in [0.29, 0.717) is 5.69 Å². The fourth-order valence-corrected chi connectivity index (χ4v) is 2.97. The summed E-state index contributed by atoms with van der Waals surface area (Å²) in [4.78, 5) is 15.6. The van der Waals surface area contributed by atoms with Crippen molar-refractivity contribution < 1.29 is 9.18 Å². The van der Waals surface area contributed by atoms with Crippen LogP contribution in [0.5, 0.6) is 0 Å². The Bertz CT molecular complexity index is 919. The number of carbonyl (C=O) groups excluding carboxylic acids is 1. The number of carbonyl (C=O) groups is 1. The lowest BCUT2D eigenvalue weighted by Gasteiger charge is -2.14. The van der Waals surface area contributed by atoms with Crippen molar-refractivity contribution in [1.82, 2.24) is 19.7 Å². The van der Waals surface area contributed by atoms with E-state index in [2.05, 4.69) is 25.1 Å². The van der Waals surface area contributed by atoms with Crippen molar-refractivity contribution in [1.29, 1.82) is 0 Å². The number of pyridine rings is 1. The highest BCUT2D eigenvalue weighted by atomic mass is 19.1. The molecule has 1 amide bonds. The third-order valence-electron chi connectivity index (χ3n) is 4.25. The van der Waals surface area contributed by atoms with Gasteiger partial charge in [0.25, 0.3) is 5.91 Å². The molecule has 7 heteroatoms. The maximum absolute atomic E-state index is 13.1. The van der Waals surface area contributed by atoms with Crippen molar-refractivity contribution in [2.24, 2.45) is 0 Å². The quantitative estimate of drug-likeness (QED) is 0.746. The average molecular weight is 337 g/mol. The zero-order valence-corrected chi connectivity index (χ0v) is 13.4. The van der Waals surface area contributed by atoms with E-state index >= 15 is 0 Å². The zero-order valence-electron chi connectivity index (χ0n) is 13.4. The van der Waals surface area contributed by atoms with Crippen LogP contribution >= 0.6 is 0 Å². The van der Waals surface area contributed by atoms with Crippen LogP contribution in [0, 0.1) is 5.95 Å². The molecule has 0 fully saturated rings. The van der Waals surface area contributed by atoms with Crippen molar-refractivity contribution in [2.45, 2.75) is 25.8 Å². The number of hydrogen-bond donors (Lipinski definition) is 1. The van der Waals surface area contributed by atoms with Crippen LogP contribution in [0.4, 0.5) is 10.1 Å². The molecule has 1 aromatic carbocycles. The highest BCUT2D eigenvalue weighted by Gasteiger charge is 2.17. The number of nitrogens with zero attached hydrogens (tertiary/aromatic N) is 4. The molecule has 0 spiro atoms. The number of fused-ring (bicyclic) bond motifs is 1. The number of halogens is 1. The van der Waals surface area contributed by atoms with E-state index in [1.165, 1.54) is 12.3 Å². The molecule has 4 rings (SSSR count). The summed E-state index contributed by atoms with van der Waals surface area (Å²) in [6.45, 7) is 0.934. The highest BCUT2D eigenvalue weighted by molar-refractivity contribution is 6.04. The van der Waals surface area contributed by atoms with E-state index < -0.39 is 5.95 Å². The fourth-order valence-electron chi connectivity index (χ4n) is 2.97. The van der Waals surface area contributed by atoms with Gasteiger partial charge in [-0.25, -0.2) is 4.98 Å². The molecule has 1 N–H and O–H groups in total. The largest absolute Gasteiger partial charge is 0.322 e. The minimum absolute atomic E-state index is 0.225. The Balaban J connectivity index is 1.52. The van der Waals surface area contributed by atoms with Gasteiger partial charge in [-0.1, -0.05) is 0 Å². The lowest BCUT2D eigenvalue weighted by Crippen LogP contribution is -2.12. The van der Waals surface area contributed by atoms with Crippen LogP contribution in [-0.4, -0.2) is 25.7 Å². The summed E-state index contributed by atoms with van der Waals surface area (Å²) in [7, 11) is 0. The van der Waals surface area contributed by atoms with E-state index in [0.717, 1.165) is 49.1 Å². The summed E-state index contributed by atoms with van der Waals surface area (Å²) in [6.07, 6.45) is 4.51. The Morgan fingerprint density at radius 2 is 1.96 bits per heavy atom. The number of anilines is 1. The smallest absolute Gasteiger partial charge is 0.255 e. The number of aryl methyl sites for hydroxylation is 1. The molecule has 25 heavy (non-hydrogen) atoms. The summed E-state index contributed by atoms with van der Waals surface area (Å²) in [5.41, 5.74) is 1.81. The number of benzene rings is 1. The van der Waals surface area contributed by atoms with Gasteiger partial charge in [-0.05, 0) is 43.2 Å². The Labute approximate surface area is 143 Å². The van der Waals surface area contributed by atoms with Gasteiger partial charge < -0.3 is 9.88 Å². The van der Waals surface area contributed by atoms with Gasteiger partial charge in [0.1, 0.15) is 5.82 Å². The summed E-state index contributed by atoms with van der Waals surface area (Å²) in [5.74, 6) is 0.815. The molecule has 0 unspecified atom stereocenters. The van der Waals surface area contributed by atoms with Gasteiger partial charge in [-0.15, -0.1) is 10.2 Å². The molecular formula is C18H16FN5O. The first-order chi connectivity index (χ1) is 12.2. The Morgan fingerprint density at radius 1 is 1.12 bits per heavy atom. The van der Waals surface area contributed by atoms with Gasteiger partial charge in [0.2, 0.25) is 5.95 Å². The molecule has 1 aliphatic heterocycles. The van der Waals surface area contributed by atoms with Crippen LogP contribution in [-0.2, 0) is 13.0 Å². The Hall–Kier alpha value is -3.09. The molecule has 1 aliphatic rings. The molecule has 3 heterocycles. The molecule has 6 nitrogen and oxygen atoms in total. The maximum atomic E-state index is 13.1.